The second kappa shape index (κ2) is 5.26. The predicted octanol–water partition coefficient (Wildman–Crippen LogP) is 2.54. The lowest BCUT2D eigenvalue weighted by molar-refractivity contribution is 0.234. The number of aromatic nitrogens is 1. The molecule has 2 N–H and O–H groups in total. The molecule has 2 aliphatic rings. The Morgan fingerprint density at radius 2 is 2.08 bits per heavy atom. The van der Waals surface area contributed by atoms with Gasteiger partial charge in [-0.25, -0.2) is 4.99 Å². The highest BCUT2D eigenvalue weighted by atomic mass is 16.5. The summed E-state index contributed by atoms with van der Waals surface area (Å²) in [5.41, 5.74) is 11.1. The molecule has 126 valence electrons. The van der Waals surface area contributed by atoms with Crippen LogP contribution in [0.15, 0.2) is 21.6 Å². The number of amidine groups is 1. The van der Waals surface area contributed by atoms with Crippen molar-refractivity contribution < 1.29 is 14.0 Å². The normalized spacial score (nSPS) is 22.2. The minimum atomic E-state index is -0.267. The summed E-state index contributed by atoms with van der Waals surface area (Å²) in [4.78, 5) is 4.59. The molecule has 6 nitrogen and oxygen atoms in total. The lowest BCUT2D eigenvalue weighted by atomic mass is 9.76. The number of benzene rings is 1. The van der Waals surface area contributed by atoms with E-state index < -0.39 is 0 Å². The van der Waals surface area contributed by atoms with Crippen LogP contribution in [-0.4, -0.2) is 30.4 Å². The summed E-state index contributed by atoms with van der Waals surface area (Å²) in [5.74, 6) is 1.75. The fourth-order valence-corrected chi connectivity index (χ4v) is 3.94. The van der Waals surface area contributed by atoms with Crippen molar-refractivity contribution in [2.24, 2.45) is 10.7 Å². The quantitative estimate of drug-likeness (QED) is 0.916. The average molecular weight is 327 g/mol. The minimum absolute atomic E-state index is 0.267. The second-order valence-electron chi connectivity index (χ2n) is 6.61. The molecular weight excluding hydrogens is 306 g/mol. The molecule has 1 atom stereocenters. The molecule has 1 spiro atoms. The molecule has 2 aromatic rings. The summed E-state index contributed by atoms with van der Waals surface area (Å²) in [5, 5.41) is 4.11. The van der Waals surface area contributed by atoms with Gasteiger partial charge in [0.15, 0.2) is 0 Å². The SMILES string of the molecule is COc1ccc(-c2c(C)noc2C)c2c1CCC1(COC(N)=N1)C2. The zero-order valence-corrected chi connectivity index (χ0v) is 14.2. The van der Waals surface area contributed by atoms with Crippen LogP contribution in [0.5, 0.6) is 5.75 Å². The molecule has 0 bridgehead atoms. The van der Waals surface area contributed by atoms with E-state index in [9.17, 15) is 0 Å². The zero-order valence-electron chi connectivity index (χ0n) is 14.2. The third kappa shape index (κ3) is 2.17. The van der Waals surface area contributed by atoms with Gasteiger partial charge >= 0.3 is 0 Å². The van der Waals surface area contributed by atoms with E-state index in [1.165, 1.54) is 11.1 Å². The number of aliphatic imine (C=N–C) groups is 1. The summed E-state index contributed by atoms with van der Waals surface area (Å²) < 4.78 is 16.4. The topological polar surface area (TPSA) is 82.9 Å². The molecule has 0 amide bonds. The van der Waals surface area contributed by atoms with Gasteiger partial charge in [-0.1, -0.05) is 11.2 Å². The molecular formula is C18H21N3O3. The molecule has 24 heavy (non-hydrogen) atoms. The minimum Gasteiger partial charge on any atom is -0.496 e. The Morgan fingerprint density at radius 3 is 2.71 bits per heavy atom. The van der Waals surface area contributed by atoms with E-state index in [0.717, 1.165) is 47.6 Å². The number of rotatable bonds is 2. The van der Waals surface area contributed by atoms with E-state index in [0.29, 0.717) is 12.6 Å². The number of hydrogen-bond acceptors (Lipinski definition) is 6. The maximum Gasteiger partial charge on any atom is 0.282 e. The highest BCUT2D eigenvalue weighted by Gasteiger charge is 2.41. The number of ether oxygens (including phenoxy) is 2. The van der Waals surface area contributed by atoms with Crippen molar-refractivity contribution in [2.45, 2.75) is 38.6 Å². The Bertz CT molecular complexity index is 821. The smallest absolute Gasteiger partial charge is 0.282 e. The molecule has 0 saturated carbocycles. The van der Waals surface area contributed by atoms with Crippen LogP contribution < -0.4 is 10.5 Å². The Hall–Kier alpha value is -2.50. The standard InChI is InChI=1S/C18H21N3O3/c1-10-16(11(2)24-21-10)13-4-5-15(22-3)12-6-7-18(8-14(12)13)9-23-17(19)20-18/h4-5H,6-9H2,1-3H3,(H2,19,20). The number of fused-ring (bicyclic) bond motifs is 1. The first-order chi connectivity index (χ1) is 11.5. The highest BCUT2D eigenvalue weighted by molar-refractivity contribution is 5.76. The van der Waals surface area contributed by atoms with E-state index in [1.807, 2.05) is 19.9 Å². The fourth-order valence-electron chi connectivity index (χ4n) is 3.94. The maximum atomic E-state index is 5.78. The lowest BCUT2D eigenvalue weighted by Gasteiger charge is -2.32. The number of nitrogens with two attached hydrogens (primary N) is 1. The summed E-state index contributed by atoms with van der Waals surface area (Å²) in [6, 6.07) is 4.41. The van der Waals surface area contributed by atoms with Crippen LogP contribution in [0.25, 0.3) is 11.1 Å². The van der Waals surface area contributed by atoms with Gasteiger partial charge in [0, 0.05) is 12.0 Å². The van der Waals surface area contributed by atoms with Crippen molar-refractivity contribution >= 4 is 6.02 Å². The summed E-state index contributed by atoms with van der Waals surface area (Å²) in [6.07, 6.45) is 2.57. The van der Waals surface area contributed by atoms with Crippen molar-refractivity contribution in [1.82, 2.24) is 5.16 Å². The molecule has 1 aliphatic heterocycles. The first-order valence-electron chi connectivity index (χ1n) is 8.13. The van der Waals surface area contributed by atoms with E-state index in [2.05, 4.69) is 16.2 Å². The first-order valence-corrected chi connectivity index (χ1v) is 8.13. The average Bonchev–Trinajstić information content (AvgIpc) is 3.09. The molecule has 1 aromatic heterocycles. The first kappa shape index (κ1) is 15.1. The van der Waals surface area contributed by atoms with Crippen molar-refractivity contribution in [1.29, 1.82) is 0 Å². The van der Waals surface area contributed by atoms with Gasteiger partial charge in [0.2, 0.25) is 0 Å². The third-order valence-corrected chi connectivity index (χ3v) is 5.09. The van der Waals surface area contributed by atoms with Crippen molar-refractivity contribution in [3.05, 3.63) is 34.7 Å². The molecule has 6 heteroatoms. The molecule has 1 unspecified atom stereocenters. The maximum absolute atomic E-state index is 5.78. The largest absolute Gasteiger partial charge is 0.496 e. The van der Waals surface area contributed by atoms with Crippen molar-refractivity contribution in [2.75, 3.05) is 13.7 Å². The van der Waals surface area contributed by atoms with Gasteiger partial charge in [0.25, 0.3) is 6.02 Å². The molecule has 0 fully saturated rings. The third-order valence-electron chi connectivity index (χ3n) is 5.09. The molecule has 0 saturated heterocycles. The molecule has 1 aromatic carbocycles. The molecule has 1 aliphatic carbocycles. The lowest BCUT2D eigenvalue weighted by Crippen LogP contribution is -2.36. The monoisotopic (exact) mass is 327 g/mol. The van der Waals surface area contributed by atoms with E-state index in [1.54, 1.807) is 7.11 Å². The van der Waals surface area contributed by atoms with Crippen molar-refractivity contribution in [3.8, 4) is 16.9 Å². The van der Waals surface area contributed by atoms with Gasteiger partial charge < -0.3 is 19.7 Å². The fraction of sp³-hybridized carbons (Fsp3) is 0.444. The van der Waals surface area contributed by atoms with Gasteiger partial charge in [-0.05, 0) is 49.4 Å². The van der Waals surface area contributed by atoms with Crippen LogP contribution in [0.3, 0.4) is 0 Å². The molecule has 4 rings (SSSR count). The number of nitrogens with zero attached hydrogens (tertiary/aromatic N) is 2. The van der Waals surface area contributed by atoms with Crippen LogP contribution >= 0.6 is 0 Å². The van der Waals surface area contributed by atoms with Gasteiger partial charge in [-0.15, -0.1) is 0 Å². The Kier molecular flexibility index (Phi) is 3.30. The van der Waals surface area contributed by atoms with Gasteiger partial charge in [0.1, 0.15) is 23.7 Å². The Labute approximate surface area is 140 Å². The number of hydrogen-bond donors (Lipinski definition) is 1. The molecule has 2 heterocycles. The summed E-state index contributed by atoms with van der Waals surface area (Å²) >= 11 is 0. The van der Waals surface area contributed by atoms with Crippen LogP contribution in [0.4, 0.5) is 0 Å². The highest BCUT2D eigenvalue weighted by Crippen LogP contribution is 2.43. The van der Waals surface area contributed by atoms with Crippen LogP contribution in [0, 0.1) is 13.8 Å². The summed E-state index contributed by atoms with van der Waals surface area (Å²) in [6.45, 7) is 4.45. The second-order valence-corrected chi connectivity index (χ2v) is 6.61. The Morgan fingerprint density at radius 1 is 1.25 bits per heavy atom. The number of aryl methyl sites for hydroxylation is 2. The van der Waals surface area contributed by atoms with E-state index in [4.69, 9.17) is 19.7 Å². The van der Waals surface area contributed by atoms with Gasteiger partial charge in [0.05, 0.1) is 12.8 Å². The van der Waals surface area contributed by atoms with Crippen LogP contribution in [0.1, 0.15) is 29.0 Å². The van der Waals surface area contributed by atoms with Crippen LogP contribution in [-0.2, 0) is 17.6 Å². The van der Waals surface area contributed by atoms with E-state index >= 15 is 0 Å². The van der Waals surface area contributed by atoms with Gasteiger partial charge in [-0.3, -0.25) is 0 Å². The predicted molar refractivity (Wildman–Crippen MR) is 90.3 cm³/mol. The zero-order chi connectivity index (χ0) is 16.9. The van der Waals surface area contributed by atoms with Crippen LogP contribution in [0.2, 0.25) is 0 Å². The van der Waals surface area contributed by atoms with Gasteiger partial charge in [-0.2, -0.15) is 0 Å². The summed E-state index contributed by atoms with van der Waals surface area (Å²) in [7, 11) is 1.71. The van der Waals surface area contributed by atoms with E-state index in [-0.39, 0.29) is 5.54 Å². The number of methoxy groups -OCH3 is 1. The molecule has 0 radical (unpaired) electrons. The van der Waals surface area contributed by atoms with Crippen molar-refractivity contribution in [3.63, 3.8) is 0 Å². The Balaban J connectivity index is 1.89.